The molecule has 1 atom stereocenters. The van der Waals surface area contributed by atoms with Gasteiger partial charge in [-0.15, -0.1) is 0 Å². The van der Waals surface area contributed by atoms with E-state index in [9.17, 15) is 4.79 Å². The number of ether oxygens (including phenoxy) is 3. The smallest absolute Gasteiger partial charge is 0.410 e. The minimum atomic E-state index is -0.491. The van der Waals surface area contributed by atoms with Crippen LogP contribution >= 0.6 is 0 Å². The number of amides is 1. The van der Waals surface area contributed by atoms with Crippen molar-refractivity contribution in [1.29, 1.82) is 0 Å². The summed E-state index contributed by atoms with van der Waals surface area (Å²) in [6, 6.07) is 3.79. The molecule has 7 nitrogen and oxygen atoms in total. The summed E-state index contributed by atoms with van der Waals surface area (Å²) >= 11 is 0. The number of rotatable bonds is 1. The molecular formula is C17H25N3O4. The summed E-state index contributed by atoms with van der Waals surface area (Å²) in [4.78, 5) is 16.3. The number of carbonyl (C=O) groups is 1. The molecule has 1 aromatic carbocycles. The fourth-order valence-corrected chi connectivity index (χ4v) is 3.08. The quantitative estimate of drug-likeness (QED) is 0.792. The standard InChI is InChI=1S/C17H25N3O4/c1-17(2,3)24-16(21)19-5-6-20-11(9-19)10-23-15-7-12(18)14(22-4)8-13(15)20/h7-8,11H,5-6,9-10,18H2,1-4H3/t11-/m1/s1. The van der Waals surface area contributed by atoms with Crippen molar-refractivity contribution >= 4 is 17.5 Å². The molecule has 2 N–H and O–H groups in total. The Morgan fingerprint density at radius 1 is 1.33 bits per heavy atom. The van der Waals surface area contributed by atoms with Crippen LogP contribution in [0.5, 0.6) is 11.5 Å². The Bertz CT molecular complexity index is 641. The highest BCUT2D eigenvalue weighted by molar-refractivity contribution is 5.73. The first-order chi connectivity index (χ1) is 11.3. The number of nitrogens with two attached hydrogens (primary N) is 1. The molecule has 7 heteroatoms. The molecular weight excluding hydrogens is 310 g/mol. The highest BCUT2D eigenvalue weighted by Gasteiger charge is 2.36. The maximum absolute atomic E-state index is 12.3. The third kappa shape index (κ3) is 3.16. The maximum atomic E-state index is 12.3. The van der Waals surface area contributed by atoms with E-state index in [2.05, 4.69) is 4.90 Å². The van der Waals surface area contributed by atoms with Crippen molar-refractivity contribution in [2.24, 2.45) is 0 Å². The summed E-state index contributed by atoms with van der Waals surface area (Å²) in [6.45, 7) is 8.03. The zero-order valence-corrected chi connectivity index (χ0v) is 14.7. The summed E-state index contributed by atoms with van der Waals surface area (Å²) < 4.78 is 16.6. The van der Waals surface area contributed by atoms with E-state index in [1.807, 2.05) is 26.8 Å². The third-order valence-corrected chi connectivity index (χ3v) is 4.19. The molecule has 0 aliphatic carbocycles. The minimum Gasteiger partial charge on any atom is -0.495 e. The summed E-state index contributed by atoms with van der Waals surface area (Å²) in [5.74, 6) is 1.39. The number of nitrogens with zero attached hydrogens (tertiary/aromatic N) is 2. The van der Waals surface area contributed by atoms with Crippen molar-refractivity contribution < 1.29 is 19.0 Å². The van der Waals surface area contributed by atoms with Crippen LogP contribution in [0.4, 0.5) is 16.2 Å². The lowest BCUT2D eigenvalue weighted by Gasteiger charge is -2.45. The van der Waals surface area contributed by atoms with Crippen LogP contribution in [0, 0.1) is 0 Å². The van der Waals surface area contributed by atoms with Gasteiger partial charge in [-0.1, -0.05) is 0 Å². The van der Waals surface area contributed by atoms with Crippen molar-refractivity contribution in [1.82, 2.24) is 4.90 Å². The van der Waals surface area contributed by atoms with Crippen LogP contribution in [-0.2, 0) is 4.74 Å². The number of benzene rings is 1. The zero-order chi connectivity index (χ0) is 17.5. The monoisotopic (exact) mass is 335 g/mol. The molecule has 0 radical (unpaired) electrons. The van der Waals surface area contributed by atoms with Gasteiger partial charge in [-0.3, -0.25) is 0 Å². The molecule has 1 aromatic rings. The molecule has 132 valence electrons. The lowest BCUT2D eigenvalue weighted by molar-refractivity contribution is 0.0195. The average molecular weight is 335 g/mol. The largest absolute Gasteiger partial charge is 0.495 e. The Labute approximate surface area is 142 Å². The SMILES string of the molecule is COc1cc2c(cc1N)OC[C@H]1CN(C(=O)OC(C)(C)C)CCN21. The second-order valence-corrected chi connectivity index (χ2v) is 7.15. The van der Waals surface area contributed by atoms with Gasteiger partial charge in [0.2, 0.25) is 0 Å². The molecule has 1 amide bonds. The fraction of sp³-hybridized carbons (Fsp3) is 0.588. The predicted molar refractivity (Wildman–Crippen MR) is 91.8 cm³/mol. The number of methoxy groups -OCH3 is 1. The van der Waals surface area contributed by atoms with Crippen LogP contribution in [0.3, 0.4) is 0 Å². The lowest BCUT2D eigenvalue weighted by atomic mass is 10.1. The van der Waals surface area contributed by atoms with Crippen LogP contribution < -0.4 is 20.1 Å². The van der Waals surface area contributed by atoms with Crippen molar-refractivity contribution in [3.63, 3.8) is 0 Å². The molecule has 1 saturated heterocycles. The molecule has 2 heterocycles. The fourth-order valence-electron chi connectivity index (χ4n) is 3.08. The minimum absolute atomic E-state index is 0.0899. The van der Waals surface area contributed by atoms with Gasteiger partial charge in [-0.25, -0.2) is 4.79 Å². The van der Waals surface area contributed by atoms with Gasteiger partial charge in [0.15, 0.2) is 0 Å². The highest BCUT2D eigenvalue weighted by Crippen LogP contribution is 2.41. The Morgan fingerprint density at radius 2 is 2.08 bits per heavy atom. The number of carbonyl (C=O) groups excluding carboxylic acids is 1. The maximum Gasteiger partial charge on any atom is 0.410 e. The van der Waals surface area contributed by atoms with Crippen LogP contribution in [-0.4, -0.2) is 56.0 Å². The summed E-state index contributed by atoms with van der Waals surface area (Å²) in [7, 11) is 1.60. The molecule has 0 bridgehead atoms. The van der Waals surface area contributed by atoms with Crippen LogP contribution in [0.25, 0.3) is 0 Å². The number of fused-ring (bicyclic) bond motifs is 3. The van der Waals surface area contributed by atoms with E-state index in [0.717, 1.165) is 11.4 Å². The van der Waals surface area contributed by atoms with E-state index in [0.29, 0.717) is 37.7 Å². The van der Waals surface area contributed by atoms with E-state index in [1.54, 1.807) is 18.1 Å². The van der Waals surface area contributed by atoms with E-state index >= 15 is 0 Å². The lowest BCUT2D eigenvalue weighted by Crippen LogP contribution is -2.59. The number of piperazine rings is 1. The topological polar surface area (TPSA) is 77.3 Å². The van der Waals surface area contributed by atoms with Gasteiger partial charge in [0.25, 0.3) is 0 Å². The van der Waals surface area contributed by atoms with Crippen molar-refractivity contribution in [2.75, 3.05) is 44.0 Å². The van der Waals surface area contributed by atoms with Gasteiger partial charge in [0.1, 0.15) is 23.7 Å². The van der Waals surface area contributed by atoms with E-state index in [-0.39, 0.29) is 12.1 Å². The Hall–Kier alpha value is -2.31. The number of hydrogen-bond donors (Lipinski definition) is 1. The molecule has 24 heavy (non-hydrogen) atoms. The normalized spacial score (nSPS) is 19.9. The summed E-state index contributed by atoms with van der Waals surface area (Å²) in [5, 5.41) is 0. The Kier molecular flexibility index (Phi) is 4.11. The van der Waals surface area contributed by atoms with Crippen molar-refractivity contribution in [3.8, 4) is 11.5 Å². The first-order valence-corrected chi connectivity index (χ1v) is 8.13. The molecule has 0 spiro atoms. The first-order valence-electron chi connectivity index (χ1n) is 8.13. The molecule has 2 aliphatic heterocycles. The van der Waals surface area contributed by atoms with Crippen LogP contribution in [0.2, 0.25) is 0 Å². The molecule has 0 aromatic heterocycles. The summed E-state index contributed by atoms with van der Waals surface area (Å²) in [6.07, 6.45) is -0.275. The number of hydrogen-bond acceptors (Lipinski definition) is 6. The molecule has 2 aliphatic rings. The second-order valence-electron chi connectivity index (χ2n) is 7.15. The van der Waals surface area contributed by atoms with Crippen molar-refractivity contribution in [3.05, 3.63) is 12.1 Å². The predicted octanol–water partition coefficient (Wildman–Crippen LogP) is 2.10. The van der Waals surface area contributed by atoms with Gasteiger partial charge < -0.3 is 29.7 Å². The van der Waals surface area contributed by atoms with Gasteiger partial charge in [0.05, 0.1) is 24.5 Å². The Balaban J connectivity index is 1.76. The molecule has 3 rings (SSSR count). The average Bonchev–Trinajstić information content (AvgIpc) is 2.51. The Morgan fingerprint density at radius 3 is 2.75 bits per heavy atom. The van der Waals surface area contributed by atoms with Crippen molar-refractivity contribution in [2.45, 2.75) is 32.4 Å². The van der Waals surface area contributed by atoms with Gasteiger partial charge in [0, 0.05) is 31.8 Å². The first kappa shape index (κ1) is 16.5. The molecule has 0 unspecified atom stereocenters. The summed E-state index contributed by atoms with van der Waals surface area (Å²) in [5.41, 5.74) is 6.98. The van der Waals surface area contributed by atoms with E-state index in [1.165, 1.54) is 0 Å². The number of anilines is 2. The van der Waals surface area contributed by atoms with Crippen LogP contribution in [0.15, 0.2) is 12.1 Å². The van der Waals surface area contributed by atoms with Gasteiger partial charge >= 0.3 is 6.09 Å². The van der Waals surface area contributed by atoms with Crippen LogP contribution in [0.1, 0.15) is 20.8 Å². The number of nitrogen functional groups attached to an aromatic ring is 1. The van der Waals surface area contributed by atoms with E-state index < -0.39 is 5.60 Å². The highest BCUT2D eigenvalue weighted by atomic mass is 16.6. The van der Waals surface area contributed by atoms with Gasteiger partial charge in [-0.2, -0.15) is 0 Å². The zero-order valence-electron chi connectivity index (χ0n) is 14.7. The molecule has 0 saturated carbocycles. The third-order valence-electron chi connectivity index (χ3n) is 4.19. The molecule has 1 fully saturated rings. The second kappa shape index (κ2) is 5.96. The van der Waals surface area contributed by atoms with E-state index in [4.69, 9.17) is 19.9 Å². The van der Waals surface area contributed by atoms with Gasteiger partial charge in [-0.05, 0) is 20.8 Å².